The number of nitrogens with two attached hydrogens (primary N) is 1. The molecule has 0 spiro atoms. The van der Waals surface area contributed by atoms with Gasteiger partial charge in [0.05, 0.1) is 0 Å². The topological polar surface area (TPSA) is 26.0 Å². The van der Waals surface area contributed by atoms with Crippen LogP contribution in [0, 0.1) is 12.7 Å². The second kappa shape index (κ2) is 5.98. The number of rotatable bonds is 2. The Hall–Kier alpha value is -1.38. The number of aryl methyl sites for hydroxylation is 1. The molecule has 0 aromatic heterocycles. The van der Waals surface area contributed by atoms with Crippen LogP contribution in [0.2, 0.25) is 0 Å². The van der Waals surface area contributed by atoms with Crippen LogP contribution in [0.4, 0.5) is 4.39 Å². The molecule has 2 rings (SSSR count). The molecule has 2 aromatic carbocycles. The Bertz CT molecular complexity index is 521. The van der Waals surface area contributed by atoms with Crippen LogP contribution in [0.15, 0.2) is 42.5 Å². The number of halogens is 2. The van der Waals surface area contributed by atoms with Gasteiger partial charge in [-0.25, -0.2) is 4.39 Å². The van der Waals surface area contributed by atoms with E-state index in [1.165, 1.54) is 6.07 Å². The van der Waals surface area contributed by atoms with Gasteiger partial charge < -0.3 is 5.73 Å². The average molecular weight is 266 g/mol. The largest absolute Gasteiger partial charge is 0.324 e. The lowest BCUT2D eigenvalue weighted by Crippen LogP contribution is -2.04. The summed E-state index contributed by atoms with van der Waals surface area (Å²) in [6.07, 6.45) is 0. The van der Waals surface area contributed by atoms with E-state index in [1.807, 2.05) is 44.2 Å². The zero-order valence-electron chi connectivity index (χ0n) is 10.5. The molecule has 0 saturated heterocycles. The smallest absolute Gasteiger partial charge is 0.131 e. The first kappa shape index (κ1) is 14.7. The summed E-state index contributed by atoms with van der Waals surface area (Å²) in [5.74, 6) is -0.191. The van der Waals surface area contributed by atoms with Gasteiger partial charge in [0.15, 0.2) is 0 Å². The third-order valence-electron chi connectivity index (χ3n) is 2.87. The molecule has 2 N–H and O–H groups in total. The summed E-state index contributed by atoms with van der Waals surface area (Å²) in [6.45, 7) is 3.89. The summed E-state index contributed by atoms with van der Waals surface area (Å²) in [7, 11) is 0. The van der Waals surface area contributed by atoms with Crippen LogP contribution >= 0.6 is 12.4 Å². The molecule has 0 fully saturated rings. The van der Waals surface area contributed by atoms with Crippen molar-refractivity contribution in [3.05, 3.63) is 59.4 Å². The lowest BCUT2D eigenvalue weighted by Gasteiger charge is -2.08. The van der Waals surface area contributed by atoms with Gasteiger partial charge in [0, 0.05) is 11.6 Å². The molecule has 0 amide bonds. The van der Waals surface area contributed by atoms with Crippen molar-refractivity contribution in [2.45, 2.75) is 19.9 Å². The van der Waals surface area contributed by atoms with E-state index >= 15 is 0 Å². The zero-order chi connectivity index (χ0) is 12.4. The van der Waals surface area contributed by atoms with Gasteiger partial charge in [0.25, 0.3) is 0 Å². The van der Waals surface area contributed by atoms with Crippen LogP contribution in [0.5, 0.6) is 0 Å². The van der Waals surface area contributed by atoms with Gasteiger partial charge in [-0.1, -0.05) is 35.9 Å². The van der Waals surface area contributed by atoms with Crippen molar-refractivity contribution in [1.82, 2.24) is 0 Å². The molecule has 0 aliphatic carbocycles. The summed E-state index contributed by atoms with van der Waals surface area (Å²) < 4.78 is 13.7. The van der Waals surface area contributed by atoms with Crippen molar-refractivity contribution >= 4 is 12.4 Å². The third-order valence-corrected chi connectivity index (χ3v) is 2.87. The van der Waals surface area contributed by atoms with E-state index in [0.717, 1.165) is 16.7 Å². The Kier molecular flexibility index (Phi) is 4.88. The second-order valence-corrected chi connectivity index (χ2v) is 4.39. The summed E-state index contributed by atoms with van der Waals surface area (Å²) >= 11 is 0. The van der Waals surface area contributed by atoms with E-state index in [0.29, 0.717) is 5.56 Å². The minimum Gasteiger partial charge on any atom is -0.324 e. The first-order valence-electron chi connectivity index (χ1n) is 5.70. The van der Waals surface area contributed by atoms with Crippen LogP contribution < -0.4 is 5.73 Å². The fraction of sp³-hybridized carbons (Fsp3) is 0.200. The molecule has 0 bridgehead atoms. The molecule has 0 radical (unpaired) electrons. The molecule has 3 heteroatoms. The van der Waals surface area contributed by atoms with Crippen molar-refractivity contribution in [1.29, 1.82) is 0 Å². The second-order valence-electron chi connectivity index (χ2n) is 4.39. The van der Waals surface area contributed by atoms with Gasteiger partial charge in [0.1, 0.15) is 5.82 Å². The molecule has 1 unspecified atom stereocenters. The predicted molar refractivity (Wildman–Crippen MR) is 76.4 cm³/mol. The van der Waals surface area contributed by atoms with Gasteiger partial charge in [-0.3, -0.25) is 0 Å². The summed E-state index contributed by atoms with van der Waals surface area (Å²) in [4.78, 5) is 0. The van der Waals surface area contributed by atoms with E-state index in [4.69, 9.17) is 5.73 Å². The summed E-state index contributed by atoms with van der Waals surface area (Å²) in [5.41, 5.74) is 9.42. The van der Waals surface area contributed by atoms with Crippen molar-refractivity contribution in [2.75, 3.05) is 0 Å². The molecule has 0 saturated carbocycles. The Morgan fingerprint density at radius 1 is 1.06 bits per heavy atom. The maximum Gasteiger partial charge on any atom is 0.131 e. The normalized spacial score (nSPS) is 11.8. The Morgan fingerprint density at radius 3 is 2.22 bits per heavy atom. The minimum atomic E-state index is -0.191. The monoisotopic (exact) mass is 265 g/mol. The number of hydrogen-bond acceptors (Lipinski definition) is 1. The van der Waals surface area contributed by atoms with Gasteiger partial charge in [-0.05, 0) is 37.1 Å². The zero-order valence-corrected chi connectivity index (χ0v) is 11.3. The first-order valence-corrected chi connectivity index (χ1v) is 5.70. The molecule has 0 heterocycles. The van der Waals surface area contributed by atoms with E-state index in [9.17, 15) is 4.39 Å². The van der Waals surface area contributed by atoms with Crippen molar-refractivity contribution in [3.63, 3.8) is 0 Å². The highest BCUT2D eigenvalue weighted by Crippen LogP contribution is 2.25. The average Bonchev–Trinajstić information content (AvgIpc) is 2.32. The Balaban J connectivity index is 0.00000162. The lowest BCUT2D eigenvalue weighted by atomic mass is 10.00. The van der Waals surface area contributed by atoms with Gasteiger partial charge in [-0.2, -0.15) is 0 Å². The van der Waals surface area contributed by atoms with E-state index in [2.05, 4.69) is 0 Å². The van der Waals surface area contributed by atoms with Crippen LogP contribution in [-0.2, 0) is 0 Å². The quantitative estimate of drug-likeness (QED) is 0.863. The first-order chi connectivity index (χ1) is 8.08. The van der Waals surface area contributed by atoms with Crippen molar-refractivity contribution < 1.29 is 4.39 Å². The molecule has 1 atom stereocenters. The Morgan fingerprint density at radius 2 is 1.67 bits per heavy atom. The van der Waals surface area contributed by atoms with Gasteiger partial charge >= 0.3 is 0 Å². The highest BCUT2D eigenvalue weighted by Gasteiger charge is 2.06. The summed E-state index contributed by atoms with van der Waals surface area (Å²) in [5, 5.41) is 0. The Labute approximate surface area is 113 Å². The van der Waals surface area contributed by atoms with E-state index < -0.39 is 0 Å². The maximum atomic E-state index is 13.7. The van der Waals surface area contributed by atoms with Gasteiger partial charge in [-0.15, -0.1) is 12.4 Å². The standard InChI is InChI=1S/C15H16FN.ClH/c1-10-3-8-15(16)14(9-10)13-6-4-12(5-7-13)11(2)17;/h3-9,11H,17H2,1-2H3;1H. The molecule has 0 aliphatic rings. The highest BCUT2D eigenvalue weighted by atomic mass is 35.5. The molecule has 1 nitrogen and oxygen atoms in total. The summed E-state index contributed by atoms with van der Waals surface area (Å²) in [6, 6.07) is 12.9. The number of hydrogen-bond donors (Lipinski definition) is 1. The van der Waals surface area contributed by atoms with Crippen LogP contribution in [-0.4, -0.2) is 0 Å². The van der Waals surface area contributed by atoms with Crippen molar-refractivity contribution in [3.8, 4) is 11.1 Å². The van der Waals surface area contributed by atoms with E-state index in [-0.39, 0.29) is 24.3 Å². The van der Waals surface area contributed by atoms with Crippen LogP contribution in [0.25, 0.3) is 11.1 Å². The predicted octanol–water partition coefficient (Wildman–Crippen LogP) is 4.24. The van der Waals surface area contributed by atoms with Crippen LogP contribution in [0.3, 0.4) is 0 Å². The fourth-order valence-electron chi connectivity index (χ4n) is 1.83. The number of benzene rings is 2. The molecule has 18 heavy (non-hydrogen) atoms. The van der Waals surface area contributed by atoms with Crippen LogP contribution in [0.1, 0.15) is 24.1 Å². The lowest BCUT2D eigenvalue weighted by molar-refractivity contribution is 0.631. The SMILES string of the molecule is Cc1ccc(F)c(-c2ccc(C(C)N)cc2)c1.Cl. The third kappa shape index (κ3) is 3.09. The maximum absolute atomic E-state index is 13.7. The molecular formula is C15H17ClFN. The molecule has 96 valence electrons. The molecule has 2 aromatic rings. The fourth-order valence-corrected chi connectivity index (χ4v) is 1.83. The van der Waals surface area contributed by atoms with E-state index in [1.54, 1.807) is 6.07 Å². The van der Waals surface area contributed by atoms with Crippen molar-refractivity contribution in [2.24, 2.45) is 5.73 Å². The van der Waals surface area contributed by atoms with Gasteiger partial charge in [0.2, 0.25) is 0 Å². The molecule has 0 aliphatic heterocycles. The molecular weight excluding hydrogens is 249 g/mol. The highest BCUT2D eigenvalue weighted by molar-refractivity contribution is 5.85. The minimum absolute atomic E-state index is 0.